The maximum absolute atomic E-state index is 12.3. The third-order valence-corrected chi connectivity index (χ3v) is 2.68. The van der Waals surface area contributed by atoms with Crippen LogP contribution in [0.25, 0.3) is 16.7 Å². The van der Waals surface area contributed by atoms with E-state index in [1.54, 1.807) is 12.3 Å². The third kappa shape index (κ3) is 1.37. The quantitative estimate of drug-likeness (QED) is 0.541. The molecule has 3 heterocycles. The van der Waals surface area contributed by atoms with Gasteiger partial charge in [0.25, 0.3) is 5.56 Å². The molecule has 18 heavy (non-hydrogen) atoms. The summed E-state index contributed by atoms with van der Waals surface area (Å²) in [4.78, 5) is 24.2. The second kappa shape index (κ2) is 3.39. The minimum atomic E-state index is -0.299. The van der Waals surface area contributed by atoms with Crippen molar-refractivity contribution in [1.29, 1.82) is 0 Å². The summed E-state index contributed by atoms with van der Waals surface area (Å²) in [6.45, 7) is 1.92. The standard InChI is InChI=1S/C11H10N6O/c1-5-2-3-17-6(4-5)14-9-7(10(17)18)8(12)15-11(13)16-9/h2-4H,1H3,(H4,12,13,15,16). The maximum Gasteiger partial charge on any atom is 0.271 e. The highest BCUT2D eigenvalue weighted by atomic mass is 16.1. The summed E-state index contributed by atoms with van der Waals surface area (Å²) in [6, 6.07) is 3.60. The van der Waals surface area contributed by atoms with Gasteiger partial charge < -0.3 is 11.5 Å². The summed E-state index contributed by atoms with van der Waals surface area (Å²) in [6.07, 6.45) is 1.65. The second-order valence-corrected chi connectivity index (χ2v) is 4.01. The highest BCUT2D eigenvalue weighted by Crippen LogP contribution is 2.14. The minimum absolute atomic E-state index is 0.00361. The largest absolute Gasteiger partial charge is 0.383 e. The van der Waals surface area contributed by atoms with Gasteiger partial charge in [-0.2, -0.15) is 9.97 Å². The van der Waals surface area contributed by atoms with E-state index in [0.29, 0.717) is 5.65 Å². The normalized spacial score (nSPS) is 11.2. The molecule has 0 atom stereocenters. The molecule has 0 aliphatic carbocycles. The number of aryl methyl sites for hydroxylation is 1. The van der Waals surface area contributed by atoms with Gasteiger partial charge in [0.2, 0.25) is 5.95 Å². The Labute approximate surface area is 101 Å². The molecule has 0 aliphatic rings. The first-order valence-electron chi connectivity index (χ1n) is 5.28. The van der Waals surface area contributed by atoms with E-state index < -0.39 is 0 Å². The Morgan fingerprint density at radius 2 is 2.00 bits per heavy atom. The molecule has 4 N–H and O–H groups in total. The summed E-state index contributed by atoms with van der Waals surface area (Å²) in [5, 5.41) is 0.186. The maximum atomic E-state index is 12.3. The number of hydrogen-bond acceptors (Lipinski definition) is 6. The van der Waals surface area contributed by atoms with Crippen LogP contribution in [-0.4, -0.2) is 19.4 Å². The fourth-order valence-corrected chi connectivity index (χ4v) is 1.85. The summed E-state index contributed by atoms with van der Waals surface area (Å²) < 4.78 is 1.41. The zero-order chi connectivity index (χ0) is 12.9. The van der Waals surface area contributed by atoms with Crippen LogP contribution in [0.4, 0.5) is 11.8 Å². The average Bonchev–Trinajstić information content (AvgIpc) is 2.27. The zero-order valence-electron chi connectivity index (χ0n) is 9.58. The van der Waals surface area contributed by atoms with Gasteiger partial charge in [-0.15, -0.1) is 0 Å². The predicted molar refractivity (Wildman–Crippen MR) is 68.1 cm³/mol. The highest BCUT2D eigenvalue weighted by Gasteiger charge is 2.11. The van der Waals surface area contributed by atoms with E-state index in [2.05, 4.69) is 15.0 Å². The number of aromatic nitrogens is 4. The number of rotatable bonds is 0. The fourth-order valence-electron chi connectivity index (χ4n) is 1.85. The van der Waals surface area contributed by atoms with E-state index in [1.807, 2.05) is 13.0 Å². The van der Waals surface area contributed by atoms with Crippen molar-refractivity contribution in [3.05, 3.63) is 34.2 Å². The van der Waals surface area contributed by atoms with Gasteiger partial charge in [-0.3, -0.25) is 9.20 Å². The molecule has 0 bridgehead atoms. The minimum Gasteiger partial charge on any atom is -0.383 e. The Bertz CT molecular complexity index is 838. The number of nitrogen functional groups attached to an aromatic ring is 2. The molecule has 3 aromatic rings. The van der Waals surface area contributed by atoms with Crippen molar-refractivity contribution < 1.29 is 0 Å². The number of hydrogen-bond donors (Lipinski definition) is 2. The van der Waals surface area contributed by atoms with E-state index in [0.717, 1.165) is 5.56 Å². The average molecular weight is 242 g/mol. The summed E-state index contributed by atoms with van der Waals surface area (Å²) >= 11 is 0. The van der Waals surface area contributed by atoms with Gasteiger partial charge in [-0.25, -0.2) is 4.98 Å². The SMILES string of the molecule is Cc1ccn2c(=O)c3c(N)nc(N)nc3nc2c1. The van der Waals surface area contributed by atoms with Crippen molar-refractivity contribution in [2.24, 2.45) is 0 Å². The lowest BCUT2D eigenvalue weighted by Crippen LogP contribution is -2.18. The molecular formula is C11H10N6O. The lowest BCUT2D eigenvalue weighted by Gasteiger charge is -2.05. The van der Waals surface area contributed by atoms with E-state index >= 15 is 0 Å². The summed E-state index contributed by atoms with van der Waals surface area (Å²) in [5.41, 5.74) is 12.6. The Morgan fingerprint density at radius 3 is 2.78 bits per heavy atom. The lowest BCUT2D eigenvalue weighted by atomic mass is 10.3. The molecule has 0 amide bonds. The van der Waals surface area contributed by atoms with Crippen LogP contribution in [0, 0.1) is 6.92 Å². The number of fused-ring (bicyclic) bond motifs is 2. The molecule has 0 spiro atoms. The molecule has 0 unspecified atom stereocenters. The predicted octanol–water partition coefficient (Wildman–Crippen LogP) is 0.111. The van der Waals surface area contributed by atoms with Crippen LogP contribution in [0.1, 0.15) is 5.56 Å². The molecule has 0 radical (unpaired) electrons. The van der Waals surface area contributed by atoms with Crippen molar-refractivity contribution in [2.45, 2.75) is 6.92 Å². The summed E-state index contributed by atoms with van der Waals surface area (Å²) in [7, 11) is 0. The van der Waals surface area contributed by atoms with Crippen LogP contribution in [-0.2, 0) is 0 Å². The Kier molecular flexibility index (Phi) is 1.97. The molecule has 0 fully saturated rings. The van der Waals surface area contributed by atoms with Crippen molar-refractivity contribution >= 4 is 28.4 Å². The molecule has 0 saturated heterocycles. The smallest absolute Gasteiger partial charge is 0.271 e. The van der Waals surface area contributed by atoms with E-state index in [-0.39, 0.29) is 28.4 Å². The number of nitrogens with two attached hydrogens (primary N) is 2. The van der Waals surface area contributed by atoms with E-state index in [4.69, 9.17) is 11.5 Å². The van der Waals surface area contributed by atoms with Gasteiger partial charge in [0.1, 0.15) is 16.9 Å². The van der Waals surface area contributed by atoms with E-state index in [1.165, 1.54) is 4.40 Å². The van der Waals surface area contributed by atoms with Gasteiger partial charge in [0, 0.05) is 6.20 Å². The monoisotopic (exact) mass is 242 g/mol. The second-order valence-electron chi connectivity index (χ2n) is 4.01. The van der Waals surface area contributed by atoms with Gasteiger partial charge in [0.15, 0.2) is 5.65 Å². The van der Waals surface area contributed by atoms with Crippen molar-refractivity contribution in [3.8, 4) is 0 Å². The molecular weight excluding hydrogens is 232 g/mol. The Morgan fingerprint density at radius 1 is 1.22 bits per heavy atom. The molecule has 7 nitrogen and oxygen atoms in total. The molecule has 3 rings (SSSR count). The number of pyridine rings is 1. The van der Waals surface area contributed by atoms with E-state index in [9.17, 15) is 4.79 Å². The first-order valence-corrected chi connectivity index (χ1v) is 5.28. The lowest BCUT2D eigenvalue weighted by molar-refractivity contribution is 1.05. The molecule has 0 aliphatic heterocycles. The zero-order valence-corrected chi connectivity index (χ0v) is 9.58. The van der Waals surface area contributed by atoms with Crippen LogP contribution in [0.3, 0.4) is 0 Å². The van der Waals surface area contributed by atoms with Crippen LogP contribution < -0.4 is 17.0 Å². The van der Waals surface area contributed by atoms with Crippen LogP contribution in [0.5, 0.6) is 0 Å². The third-order valence-electron chi connectivity index (χ3n) is 2.68. The molecule has 3 aromatic heterocycles. The number of anilines is 2. The first kappa shape index (κ1) is 10.5. The van der Waals surface area contributed by atoms with Gasteiger partial charge >= 0.3 is 0 Å². The Hall–Kier alpha value is -2.70. The fraction of sp³-hybridized carbons (Fsp3) is 0.0909. The van der Waals surface area contributed by atoms with Crippen molar-refractivity contribution in [2.75, 3.05) is 11.5 Å². The van der Waals surface area contributed by atoms with Crippen LogP contribution in [0.15, 0.2) is 23.1 Å². The number of nitrogens with zero attached hydrogens (tertiary/aromatic N) is 4. The Balaban J connectivity index is 2.61. The van der Waals surface area contributed by atoms with Gasteiger partial charge in [-0.1, -0.05) is 0 Å². The molecule has 0 saturated carbocycles. The summed E-state index contributed by atoms with van der Waals surface area (Å²) in [5.74, 6) is 0.0499. The van der Waals surface area contributed by atoms with Crippen LogP contribution in [0.2, 0.25) is 0 Å². The van der Waals surface area contributed by atoms with Crippen molar-refractivity contribution in [1.82, 2.24) is 19.4 Å². The molecule has 0 aromatic carbocycles. The molecule has 90 valence electrons. The van der Waals surface area contributed by atoms with Crippen molar-refractivity contribution in [3.63, 3.8) is 0 Å². The highest BCUT2D eigenvalue weighted by molar-refractivity contribution is 5.86. The molecule has 7 heteroatoms. The van der Waals surface area contributed by atoms with Gasteiger partial charge in [-0.05, 0) is 24.6 Å². The first-order chi connectivity index (χ1) is 8.56. The topological polar surface area (TPSA) is 112 Å². The van der Waals surface area contributed by atoms with Gasteiger partial charge in [0.05, 0.1) is 0 Å². The van der Waals surface area contributed by atoms with Crippen LogP contribution >= 0.6 is 0 Å².